The highest BCUT2D eigenvalue weighted by molar-refractivity contribution is 5.69. The normalized spacial score (nSPS) is 12.6. The van der Waals surface area contributed by atoms with Gasteiger partial charge in [-0.05, 0) is 32.1 Å². The van der Waals surface area contributed by atoms with Crippen molar-refractivity contribution in [1.82, 2.24) is 0 Å². The number of carboxylic acids is 1. The zero-order chi connectivity index (χ0) is 21.4. The van der Waals surface area contributed by atoms with Gasteiger partial charge < -0.3 is 5.11 Å². The molecule has 0 rings (SSSR count). The van der Waals surface area contributed by atoms with Crippen molar-refractivity contribution in [3.05, 3.63) is 12.2 Å². The van der Waals surface area contributed by atoms with Crippen LogP contribution in [0.5, 0.6) is 0 Å². The molecule has 0 unspecified atom stereocenters. The number of carbonyl (C=O) groups is 1. The molecule has 0 spiro atoms. The molecule has 2 heteroatoms. The highest BCUT2D eigenvalue weighted by Gasteiger charge is 2.09. The van der Waals surface area contributed by atoms with Gasteiger partial charge in [-0.25, -0.2) is 0 Å². The van der Waals surface area contributed by atoms with Crippen molar-refractivity contribution in [2.24, 2.45) is 5.92 Å². The van der Waals surface area contributed by atoms with Gasteiger partial charge in [0.2, 0.25) is 0 Å². The van der Waals surface area contributed by atoms with Gasteiger partial charge in [0.1, 0.15) is 0 Å². The summed E-state index contributed by atoms with van der Waals surface area (Å²) in [5.41, 5.74) is 0. The second kappa shape index (κ2) is 23.5. The van der Waals surface area contributed by atoms with Crippen molar-refractivity contribution in [3.63, 3.8) is 0 Å². The fourth-order valence-electron chi connectivity index (χ4n) is 3.88. The predicted octanol–water partition coefficient (Wildman–Crippen LogP) is 9.48. The summed E-state index contributed by atoms with van der Waals surface area (Å²) in [4.78, 5) is 10.7. The van der Waals surface area contributed by atoms with Crippen molar-refractivity contribution in [2.45, 2.75) is 149 Å². The molecule has 1 atom stereocenters. The third-order valence-electron chi connectivity index (χ3n) is 6.07. The van der Waals surface area contributed by atoms with Crippen LogP contribution in [0.25, 0.3) is 0 Å². The predicted molar refractivity (Wildman–Crippen MR) is 129 cm³/mol. The van der Waals surface area contributed by atoms with Crippen LogP contribution in [-0.4, -0.2) is 11.1 Å². The van der Waals surface area contributed by atoms with E-state index < -0.39 is 5.97 Å². The number of unbranched alkanes of at least 4 members (excludes halogenated alkanes) is 18. The number of hydrogen-bond donors (Lipinski definition) is 1. The second-order valence-corrected chi connectivity index (χ2v) is 9.09. The molecule has 0 saturated heterocycles. The molecule has 0 aromatic rings. The van der Waals surface area contributed by atoms with Gasteiger partial charge in [-0.3, -0.25) is 4.79 Å². The van der Waals surface area contributed by atoms with Gasteiger partial charge in [0.05, 0.1) is 5.92 Å². The van der Waals surface area contributed by atoms with Crippen molar-refractivity contribution in [1.29, 1.82) is 0 Å². The van der Waals surface area contributed by atoms with Gasteiger partial charge in [-0.1, -0.05) is 129 Å². The van der Waals surface area contributed by atoms with E-state index in [2.05, 4.69) is 19.1 Å². The van der Waals surface area contributed by atoms with Gasteiger partial charge >= 0.3 is 5.97 Å². The van der Waals surface area contributed by atoms with E-state index in [1.165, 1.54) is 122 Å². The lowest BCUT2D eigenvalue weighted by Crippen LogP contribution is -2.08. The molecule has 0 aliphatic carbocycles. The van der Waals surface area contributed by atoms with Gasteiger partial charge in [0, 0.05) is 0 Å². The zero-order valence-electron chi connectivity index (χ0n) is 19.9. The Morgan fingerprint density at radius 1 is 0.621 bits per heavy atom. The molecular formula is C27H52O2. The number of rotatable bonds is 23. The van der Waals surface area contributed by atoms with Crippen LogP contribution in [0.4, 0.5) is 0 Å². The molecule has 0 aromatic carbocycles. The van der Waals surface area contributed by atoms with Crippen LogP contribution in [0.3, 0.4) is 0 Å². The smallest absolute Gasteiger partial charge is 0.306 e. The summed E-state index contributed by atoms with van der Waals surface area (Å²) in [5.74, 6) is -0.818. The highest BCUT2D eigenvalue weighted by atomic mass is 16.4. The summed E-state index contributed by atoms with van der Waals surface area (Å²) in [6, 6.07) is 0. The third-order valence-corrected chi connectivity index (χ3v) is 6.07. The lowest BCUT2D eigenvalue weighted by Gasteiger charge is -2.05. The minimum absolute atomic E-state index is 0.170. The Bertz CT molecular complexity index is 362. The van der Waals surface area contributed by atoms with Gasteiger partial charge in [0.25, 0.3) is 0 Å². The first-order chi connectivity index (χ1) is 14.2. The van der Waals surface area contributed by atoms with E-state index in [1.54, 1.807) is 0 Å². The molecule has 0 saturated carbocycles. The van der Waals surface area contributed by atoms with Gasteiger partial charge in [-0.2, -0.15) is 0 Å². The van der Waals surface area contributed by atoms with E-state index in [4.69, 9.17) is 5.11 Å². The fourth-order valence-corrected chi connectivity index (χ4v) is 3.88. The topological polar surface area (TPSA) is 37.3 Å². The van der Waals surface area contributed by atoms with E-state index in [0.717, 1.165) is 12.8 Å². The highest BCUT2D eigenvalue weighted by Crippen LogP contribution is 2.15. The Kier molecular flexibility index (Phi) is 22.8. The second-order valence-electron chi connectivity index (χ2n) is 9.09. The van der Waals surface area contributed by atoms with Crippen LogP contribution in [-0.2, 0) is 4.79 Å². The third kappa shape index (κ3) is 23.4. The maximum absolute atomic E-state index is 10.7. The minimum atomic E-state index is -0.648. The quantitative estimate of drug-likeness (QED) is 0.135. The fraction of sp³-hybridized carbons (Fsp3) is 0.889. The molecule has 0 fully saturated rings. The molecule has 0 heterocycles. The summed E-state index contributed by atoms with van der Waals surface area (Å²) in [6.45, 7) is 4.10. The average molecular weight is 409 g/mol. The monoisotopic (exact) mass is 408 g/mol. The SMILES string of the molecule is CCCCCCCC/C=C\CCCCCCCCCCCCCC[C@@H](C)C(=O)O. The number of carboxylic acid groups (broad SMARTS) is 1. The lowest BCUT2D eigenvalue weighted by molar-refractivity contribution is -0.141. The summed E-state index contributed by atoms with van der Waals surface area (Å²) < 4.78 is 0. The Morgan fingerprint density at radius 2 is 0.966 bits per heavy atom. The molecule has 0 radical (unpaired) electrons. The van der Waals surface area contributed by atoms with Crippen LogP contribution >= 0.6 is 0 Å². The minimum Gasteiger partial charge on any atom is -0.481 e. The largest absolute Gasteiger partial charge is 0.481 e. The molecule has 0 aromatic heterocycles. The van der Waals surface area contributed by atoms with E-state index in [9.17, 15) is 4.79 Å². The molecule has 172 valence electrons. The van der Waals surface area contributed by atoms with E-state index in [0.29, 0.717) is 0 Å². The average Bonchev–Trinajstić information content (AvgIpc) is 2.71. The molecular weight excluding hydrogens is 356 g/mol. The van der Waals surface area contributed by atoms with Crippen LogP contribution in [0, 0.1) is 5.92 Å². The van der Waals surface area contributed by atoms with Crippen molar-refractivity contribution < 1.29 is 9.90 Å². The molecule has 2 nitrogen and oxygen atoms in total. The Labute approximate surface area is 182 Å². The molecule has 0 amide bonds. The van der Waals surface area contributed by atoms with Gasteiger partial charge in [0.15, 0.2) is 0 Å². The number of hydrogen-bond acceptors (Lipinski definition) is 1. The Balaban J connectivity index is 3.11. The van der Waals surface area contributed by atoms with Crippen LogP contribution < -0.4 is 0 Å². The van der Waals surface area contributed by atoms with Crippen molar-refractivity contribution in [2.75, 3.05) is 0 Å². The summed E-state index contributed by atoms with van der Waals surface area (Å²) in [6.07, 6.45) is 32.6. The standard InChI is InChI=1S/C27H52O2/c1-3-4-5-6-7-8-9-10-11-12-13-14-15-16-17-18-19-20-21-22-23-24-25-26(2)27(28)29/h10-11,26H,3-9,12-25H2,1-2H3,(H,28,29)/b11-10-/t26-/m1/s1. The van der Waals surface area contributed by atoms with E-state index >= 15 is 0 Å². The van der Waals surface area contributed by atoms with Gasteiger partial charge in [-0.15, -0.1) is 0 Å². The maximum Gasteiger partial charge on any atom is 0.306 e. The van der Waals surface area contributed by atoms with Crippen LogP contribution in [0.15, 0.2) is 12.2 Å². The van der Waals surface area contributed by atoms with Crippen molar-refractivity contribution >= 4 is 5.97 Å². The number of allylic oxidation sites excluding steroid dienone is 2. The molecule has 0 bridgehead atoms. The summed E-state index contributed by atoms with van der Waals surface area (Å²) in [5, 5.41) is 8.85. The Hall–Kier alpha value is -0.790. The first-order valence-electron chi connectivity index (χ1n) is 13.1. The van der Waals surface area contributed by atoms with Crippen LogP contribution in [0.2, 0.25) is 0 Å². The molecule has 29 heavy (non-hydrogen) atoms. The molecule has 0 aliphatic rings. The van der Waals surface area contributed by atoms with E-state index in [1.807, 2.05) is 6.92 Å². The first kappa shape index (κ1) is 28.2. The van der Waals surface area contributed by atoms with E-state index in [-0.39, 0.29) is 5.92 Å². The molecule has 1 N–H and O–H groups in total. The number of aliphatic carboxylic acids is 1. The molecule has 0 aliphatic heterocycles. The maximum atomic E-state index is 10.7. The lowest BCUT2D eigenvalue weighted by atomic mass is 10.0. The summed E-state index contributed by atoms with van der Waals surface area (Å²) in [7, 11) is 0. The zero-order valence-corrected chi connectivity index (χ0v) is 19.9. The first-order valence-corrected chi connectivity index (χ1v) is 13.1. The summed E-state index contributed by atoms with van der Waals surface area (Å²) >= 11 is 0. The Morgan fingerprint density at radius 3 is 1.34 bits per heavy atom. The van der Waals surface area contributed by atoms with Crippen molar-refractivity contribution in [3.8, 4) is 0 Å². The van der Waals surface area contributed by atoms with Crippen LogP contribution in [0.1, 0.15) is 149 Å².